The van der Waals surface area contributed by atoms with Crippen molar-refractivity contribution in [2.24, 2.45) is 5.92 Å². The summed E-state index contributed by atoms with van der Waals surface area (Å²) in [6.07, 6.45) is 4.43. The molecule has 0 saturated carbocycles. The van der Waals surface area contributed by atoms with Crippen LogP contribution in [0.2, 0.25) is 0 Å². The van der Waals surface area contributed by atoms with Crippen molar-refractivity contribution >= 4 is 17.8 Å². The number of carbonyl (C=O) groups is 2. The zero-order chi connectivity index (χ0) is 20.8. The number of benzene rings is 1. The van der Waals surface area contributed by atoms with Gasteiger partial charge in [-0.25, -0.2) is 0 Å². The van der Waals surface area contributed by atoms with Crippen LogP contribution in [-0.2, 0) is 4.79 Å². The predicted octanol–water partition coefficient (Wildman–Crippen LogP) is 3.97. The SMILES string of the molecule is CCC[C@@H]1CC(=O)Oc2c(C(=O)[C@H](C)[C@H](C)O)c(O)c3c(c21)OC(C)(C)C=C3. The highest BCUT2D eigenvalue weighted by atomic mass is 16.5. The number of hydrogen-bond acceptors (Lipinski definition) is 6. The fourth-order valence-corrected chi connectivity index (χ4v) is 3.78. The van der Waals surface area contributed by atoms with Gasteiger partial charge in [-0.05, 0) is 39.3 Å². The fraction of sp³-hybridized carbons (Fsp3) is 0.545. The predicted molar refractivity (Wildman–Crippen MR) is 105 cm³/mol. The molecule has 0 spiro atoms. The van der Waals surface area contributed by atoms with E-state index in [0.29, 0.717) is 16.9 Å². The number of aliphatic hydroxyl groups is 1. The van der Waals surface area contributed by atoms with Crippen LogP contribution in [0.25, 0.3) is 6.08 Å². The van der Waals surface area contributed by atoms with Gasteiger partial charge in [-0.15, -0.1) is 0 Å². The molecule has 6 heteroatoms. The molecule has 0 aromatic heterocycles. The number of carbonyl (C=O) groups excluding carboxylic acids is 2. The molecular weight excluding hydrogens is 360 g/mol. The topological polar surface area (TPSA) is 93.1 Å². The van der Waals surface area contributed by atoms with Gasteiger partial charge in [0.15, 0.2) is 11.5 Å². The summed E-state index contributed by atoms with van der Waals surface area (Å²) in [5.74, 6) is -1.55. The molecule has 2 heterocycles. The third kappa shape index (κ3) is 3.41. The van der Waals surface area contributed by atoms with Gasteiger partial charge in [-0.3, -0.25) is 9.59 Å². The minimum Gasteiger partial charge on any atom is -0.506 e. The van der Waals surface area contributed by atoms with Crippen molar-refractivity contribution in [2.75, 3.05) is 0 Å². The molecule has 6 nitrogen and oxygen atoms in total. The lowest BCUT2D eigenvalue weighted by Gasteiger charge is -2.35. The lowest BCUT2D eigenvalue weighted by Crippen LogP contribution is -2.32. The summed E-state index contributed by atoms with van der Waals surface area (Å²) in [6, 6.07) is 0. The molecule has 0 radical (unpaired) electrons. The Morgan fingerprint density at radius 2 is 2.00 bits per heavy atom. The zero-order valence-electron chi connectivity index (χ0n) is 17.0. The second kappa shape index (κ2) is 7.24. The normalized spacial score (nSPS) is 21.8. The number of esters is 1. The van der Waals surface area contributed by atoms with Gasteiger partial charge in [-0.2, -0.15) is 0 Å². The van der Waals surface area contributed by atoms with Crippen LogP contribution in [-0.4, -0.2) is 33.7 Å². The van der Waals surface area contributed by atoms with Crippen molar-refractivity contribution in [3.63, 3.8) is 0 Å². The molecule has 2 aliphatic rings. The standard InChI is InChI=1S/C22H28O6/c1-6-7-13-10-15(24)27-21-16(13)20-14(8-9-22(4,5)28-20)19(26)17(21)18(25)11(2)12(3)23/h8-9,11-13,23,26H,6-7,10H2,1-5H3/t11-,12+,13-/m1/s1. The van der Waals surface area contributed by atoms with Crippen LogP contribution < -0.4 is 9.47 Å². The maximum atomic E-state index is 13.1. The van der Waals surface area contributed by atoms with Crippen LogP contribution in [0.1, 0.15) is 81.3 Å². The Morgan fingerprint density at radius 3 is 2.61 bits per heavy atom. The van der Waals surface area contributed by atoms with Gasteiger partial charge in [-0.1, -0.05) is 20.3 Å². The minimum absolute atomic E-state index is 0.0516. The first-order valence-corrected chi connectivity index (χ1v) is 9.81. The second-order valence-electron chi connectivity index (χ2n) is 8.31. The molecule has 2 N–H and O–H groups in total. The number of phenolic OH excluding ortho intramolecular Hbond substituents is 1. The molecule has 3 atom stereocenters. The lowest BCUT2D eigenvalue weighted by atomic mass is 9.81. The number of aliphatic hydroxyl groups excluding tert-OH is 1. The first-order chi connectivity index (χ1) is 13.1. The van der Waals surface area contributed by atoms with Crippen LogP contribution in [0.15, 0.2) is 6.08 Å². The Bertz CT molecular complexity index is 849. The van der Waals surface area contributed by atoms with E-state index >= 15 is 0 Å². The van der Waals surface area contributed by atoms with Crippen molar-refractivity contribution in [2.45, 2.75) is 71.5 Å². The van der Waals surface area contributed by atoms with Crippen molar-refractivity contribution in [1.29, 1.82) is 0 Å². The maximum absolute atomic E-state index is 13.1. The Labute approximate surface area is 165 Å². The summed E-state index contributed by atoms with van der Waals surface area (Å²) in [6.45, 7) is 8.92. The van der Waals surface area contributed by atoms with Gasteiger partial charge >= 0.3 is 5.97 Å². The number of phenols is 1. The third-order valence-corrected chi connectivity index (χ3v) is 5.53. The third-order valence-electron chi connectivity index (χ3n) is 5.53. The fourth-order valence-electron chi connectivity index (χ4n) is 3.78. The largest absolute Gasteiger partial charge is 0.506 e. The van der Waals surface area contributed by atoms with Gasteiger partial charge in [0.05, 0.1) is 18.1 Å². The average Bonchev–Trinajstić information content (AvgIpc) is 2.59. The lowest BCUT2D eigenvalue weighted by molar-refractivity contribution is -0.136. The smallest absolute Gasteiger partial charge is 0.311 e. The highest BCUT2D eigenvalue weighted by Gasteiger charge is 2.41. The number of Topliss-reactive ketones (excluding diaryl/α,β-unsaturated/α-hetero) is 1. The van der Waals surface area contributed by atoms with Gasteiger partial charge in [0.2, 0.25) is 0 Å². The molecular formula is C22H28O6. The quantitative estimate of drug-likeness (QED) is 0.450. The number of rotatable bonds is 5. The molecule has 0 unspecified atom stereocenters. The van der Waals surface area contributed by atoms with E-state index in [9.17, 15) is 19.8 Å². The van der Waals surface area contributed by atoms with Crippen LogP contribution in [0.3, 0.4) is 0 Å². The summed E-state index contributed by atoms with van der Waals surface area (Å²) in [5.41, 5.74) is 0.430. The van der Waals surface area contributed by atoms with E-state index in [0.717, 1.165) is 12.8 Å². The second-order valence-corrected chi connectivity index (χ2v) is 8.31. The molecule has 0 fully saturated rings. The summed E-state index contributed by atoms with van der Waals surface area (Å²) >= 11 is 0. The molecule has 0 saturated heterocycles. The number of hydrogen-bond donors (Lipinski definition) is 2. The summed E-state index contributed by atoms with van der Waals surface area (Å²) in [7, 11) is 0. The number of ether oxygens (including phenoxy) is 2. The number of ketones is 1. The van der Waals surface area contributed by atoms with Crippen molar-refractivity contribution in [1.82, 2.24) is 0 Å². The van der Waals surface area contributed by atoms with Gasteiger partial charge in [0, 0.05) is 17.4 Å². The van der Waals surface area contributed by atoms with E-state index in [-0.39, 0.29) is 29.4 Å². The number of aromatic hydroxyl groups is 1. The molecule has 0 aliphatic carbocycles. The van der Waals surface area contributed by atoms with Crippen LogP contribution >= 0.6 is 0 Å². The number of fused-ring (bicyclic) bond motifs is 3. The van der Waals surface area contributed by atoms with Crippen LogP contribution in [0, 0.1) is 5.92 Å². The van der Waals surface area contributed by atoms with E-state index in [1.807, 2.05) is 26.8 Å². The molecule has 2 aliphatic heterocycles. The van der Waals surface area contributed by atoms with E-state index < -0.39 is 29.4 Å². The van der Waals surface area contributed by atoms with Crippen LogP contribution in [0.4, 0.5) is 0 Å². The first kappa shape index (κ1) is 20.4. The molecule has 1 aromatic carbocycles. The van der Waals surface area contributed by atoms with E-state index in [1.165, 1.54) is 6.92 Å². The van der Waals surface area contributed by atoms with Crippen molar-refractivity contribution in [3.8, 4) is 17.2 Å². The molecule has 28 heavy (non-hydrogen) atoms. The maximum Gasteiger partial charge on any atom is 0.311 e. The average molecular weight is 388 g/mol. The summed E-state index contributed by atoms with van der Waals surface area (Å²) in [4.78, 5) is 25.4. The first-order valence-electron chi connectivity index (χ1n) is 9.81. The van der Waals surface area contributed by atoms with Crippen molar-refractivity contribution in [3.05, 3.63) is 22.8 Å². The Balaban J connectivity index is 2.32. The highest BCUT2D eigenvalue weighted by molar-refractivity contribution is 6.06. The summed E-state index contributed by atoms with van der Waals surface area (Å²) < 4.78 is 11.7. The minimum atomic E-state index is -0.907. The Hall–Kier alpha value is -2.34. The Morgan fingerprint density at radius 1 is 1.32 bits per heavy atom. The molecule has 0 bridgehead atoms. The Kier molecular flexibility index (Phi) is 5.28. The monoisotopic (exact) mass is 388 g/mol. The van der Waals surface area contributed by atoms with E-state index in [2.05, 4.69) is 0 Å². The van der Waals surface area contributed by atoms with Gasteiger partial charge in [0.25, 0.3) is 0 Å². The molecule has 0 amide bonds. The summed E-state index contributed by atoms with van der Waals surface area (Å²) in [5, 5.41) is 20.8. The van der Waals surface area contributed by atoms with E-state index in [1.54, 1.807) is 13.0 Å². The van der Waals surface area contributed by atoms with E-state index in [4.69, 9.17) is 9.47 Å². The van der Waals surface area contributed by atoms with Crippen molar-refractivity contribution < 1.29 is 29.3 Å². The van der Waals surface area contributed by atoms with Crippen LogP contribution in [0.5, 0.6) is 17.2 Å². The van der Waals surface area contributed by atoms with Gasteiger partial charge < -0.3 is 19.7 Å². The molecule has 3 rings (SSSR count). The molecule has 152 valence electrons. The highest BCUT2D eigenvalue weighted by Crippen LogP contribution is 2.53. The zero-order valence-corrected chi connectivity index (χ0v) is 17.0. The van der Waals surface area contributed by atoms with Gasteiger partial charge in [0.1, 0.15) is 22.7 Å². The molecule has 1 aromatic rings.